The van der Waals surface area contributed by atoms with E-state index >= 15 is 0 Å². The lowest BCUT2D eigenvalue weighted by Gasteiger charge is -2.12. The van der Waals surface area contributed by atoms with Gasteiger partial charge in [-0.1, -0.05) is 10.3 Å². The summed E-state index contributed by atoms with van der Waals surface area (Å²) in [4.78, 5) is 14.6. The maximum Gasteiger partial charge on any atom is 0.294 e. The zero-order valence-electron chi connectivity index (χ0n) is 5.01. The third-order valence-corrected chi connectivity index (χ3v) is 1.32. The molecular weight excluding hydrogens is 132 g/mol. The van der Waals surface area contributed by atoms with Gasteiger partial charge in [0.25, 0.3) is 5.91 Å². The van der Waals surface area contributed by atoms with Gasteiger partial charge in [0.2, 0.25) is 0 Å². The first kappa shape index (κ1) is 5.28. The molecule has 0 saturated heterocycles. The lowest BCUT2D eigenvalue weighted by molar-refractivity contribution is -0.118. The van der Waals surface area contributed by atoms with Crippen molar-refractivity contribution in [3.8, 4) is 0 Å². The van der Waals surface area contributed by atoms with E-state index in [1.807, 2.05) is 0 Å². The van der Waals surface area contributed by atoms with Crippen LogP contribution in [0.2, 0.25) is 0 Å². The van der Waals surface area contributed by atoms with Crippen molar-refractivity contribution in [2.45, 2.75) is 6.04 Å². The molecule has 1 atom stereocenters. The van der Waals surface area contributed by atoms with Crippen LogP contribution in [0.3, 0.4) is 0 Å². The Hall–Kier alpha value is -1.52. The molecule has 2 aliphatic rings. The highest BCUT2D eigenvalue weighted by atomic mass is 16.2. The largest absolute Gasteiger partial charge is 0.294 e. The molecule has 2 heterocycles. The van der Waals surface area contributed by atoms with Crippen LogP contribution >= 0.6 is 0 Å². The van der Waals surface area contributed by atoms with E-state index in [1.165, 1.54) is 11.3 Å². The molecule has 0 aromatic heterocycles. The van der Waals surface area contributed by atoms with Gasteiger partial charge in [-0.05, 0) is 6.08 Å². The third-order valence-electron chi connectivity index (χ3n) is 1.32. The SMILES string of the molecule is O=C1N=NN2C=NC=CC12. The number of nitrogens with zero attached hydrogens (tertiary/aromatic N) is 4. The fourth-order valence-electron chi connectivity index (χ4n) is 0.827. The van der Waals surface area contributed by atoms with Gasteiger partial charge in [0, 0.05) is 6.20 Å². The Labute approximate surface area is 56.7 Å². The standard InChI is InChI=1S/C5H4N4O/c10-5-4-1-2-6-3-9(4)8-7-5/h1-4H. The number of carbonyl (C=O) groups is 1. The summed E-state index contributed by atoms with van der Waals surface area (Å²) in [6.07, 6.45) is 4.69. The minimum atomic E-state index is -0.336. The molecule has 0 aromatic rings. The summed E-state index contributed by atoms with van der Waals surface area (Å²) in [5, 5.41) is 8.32. The van der Waals surface area contributed by atoms with E-state index < -0.39 is 0 Å². The van der Waals surface area contributed by atoms with Crippen LogP contribution in [-0.4, -0.2) is 23.3 Å². The molecule has 5 heteroatoms. The van der Waals surface area contributed by atoms with E-state index in [9.17, 15) is 4.79 Å². The molecule has 0 aliphatic carbocycles. The molecule has 5 nitrogen and oxygen atoms in total. The molecule has 2 rings (SSSR count). The molecule has 1 amide bonds. The Kier molecular flexibility index (Phi) is 0.913. The van der Waals surface area contributed by atoms with Crippen molar-refractivity contribution in [2.75, 3.05) is 0 Å². The number of aliphatic imine (C=N–C) groups is 1. The molecule has 50 valence electrons. The fourth-order valence-corrected chi connectivity index (χ4v) is 0.827. The van der Waals surface area contributed by atoms with Crippen LogP contribution in [0.15, 0.2) is 27.6 Å². The van der Waals surface area contributed by atoms with Crippen LogP contribution in [0.25, 0.3) is 0 Å². The van der Waals surface area contributed by atoms with E-state index in [4.69, 9.17) is 0 Å². The summed E-state index contributed by atoms with van der Waals surface area (Å²) in [7, 11) is 0. The van der Waals surface area contributed by atoms with Gasteiger partial charge in [0.05, 0.1) is 0 Å². The average Bonchev–Trinajstić information content (AvgIpc) is 2.34. The van der Waals surface area contributed by atoms with Gasteiger partial charge >= 0.3 is 0 Å². The van der Waals surface area contributed by atoms with Crippen molar-refractivity contribution in [1.82, 2.24) is 5.01 Å². The summed E-state index contributed by atoms with van der Waals surface area (Å²) in [5.41, 5.74) is 0. The molecule has 0 radical (unpaired) electrons. The molecule has 0 aromatic carbocycles. The number of hydrogen-bond acceptors (Lipinski definition) is 4. The second-order valence-corrected chi connectivity index (χ2v) is 1.96. The first-order valence-corrected chi connectivity index (χ1v) is 2.82. The third kappa shape index (κ3) is 0.570. The summed E-state index contributed by atoms with van der Waals surface area (Å²) in [5.74, 6) is -0.234. The maximum absolute atomic E-state index is 10.8. The first-order valence-electron chi connectivity index (χ1n) is 2.82. The van der Waals surface area contributed by atoms with Crippen molar-refractivity contribution in [2.24, 2.45) is 15.3 Å². The van der Waals surface area contributed by atoms with Crippen LogP contribution in [0.5, 0.6) is 0 Å². The second-order valence-electron chi connectivity index (χ2n) is 1.96. The molecule has 1 unspecified atom stereocenters. The molecule has 0 N–H and O–H groups in total. The Bertz CT molecular complexity index is 252. The molecule has 0 bridgehead atoms. The van der Waals surface area contributed by atoms with Crippen molar-refractivity contribution in [1.29, 1.82) is 0 Å². The zero-order chi connectivity index (χ0) is 6.97. The summed E-state index contributed by atoms with van der Waals surface area (Å²) in [6, 6.07) is -0.336. The molecule has 0 saturated carbocycles. The molecule has 10 heavy (non-hydrogen) atoms. The number of hydrogen-bond donors (Lipinski definition) is 0. The van der Waals surface area contributed by atoms with Gasteiger partial charge in [-0.3, -0.25) is 4.79 Å². The normalized spacial score (nSPS) is 27.8. The van der Waals surface area contributed by atoms with Gasteiger partial charge in [-0.2, -0.15) is 0 Å². The fraction of sp³-hybridized carbons (Fsp3) is 0.200. The van der Waals surface area contributed by atoms with Crippen LogP contribution in [-0.2, 0) is 4.79 Å². The first-order chi connectivity index (χ1) is 4.88. The average molecular weight is 136 g/mol. The highest BCUT2D eigenvalue weighted by Crippen LogP contribution is 2.13. The van der Waals surface area contributed by atoms with Crippen LogP contribution in [0.1, 0.15) is 0 Å². The lowest BCUT2D eigenvalue weighted by Crippen LogP contribution is -2.30. The van der Waals surface area contributed by atoms with E-state index in [0.29, 0.717) is 0 Å². The van der Waals surface area contributed by atoms with Gasteiger partial charge in [-0.15, -0.1) is 0 Å². The summed E-state index contributed by atoms with van der Waals surface area (Å²) < 4.78 is 0. The van der Waals surface area contributed by atoms with Crippen LogP contribution < -0.4 is 0 Å². The number of carbonyl (C=O) groups excluding carboxylic acids is 1. The van der Waals surface area contributed by atoms with Gasteiger partial charge in [0.1, 0.15) is 6.34 Å². The Balaban J connectivity index is 2.34. The Morgan fingerprint density at radius 1 is 1.60 bits per heavy atom. The van der Waals surface area contributed by atoms with Crippen molar-refractivity contribution >= 4 is 12.2 Å². The molecular formula is C5H4N4O. The minimum Gasteiger partial charge on any atom is -0.268 e. The lowest BCUT2D eigenvalue weighted by atomic mass is 10.2. The van der Waals surface area contributed by atoms with Gasteiger partial charge in [-0.25, -0.2) is 10.0 Å². The van der Waals surface area contributed by atoms with Crippen molar-refractivity contribution < 1.29 is 4.79 Å². The van der Waals surface area contributed by atoms with Gasteiger partial charge in [0.15, 0.2) is 6.04 Å². The minimum absolute atomic E-state index is 0.234. The topological polar surface area (TPSA) is 57.4 Å². The number of amides is 1. The van der Waals surface area contributed by atoms with Crippen molar-refractivity contribution in [3.63, 3.8) is 0 Å². The monoisotopic (exact) mass is 136 g/mol. The second kappa shape index (κ2) is 1.73. The van der Waals surface area contributed by atoms with E-state index in [0.717, 1.165) is 0 Å². The predicted molar refractivity (Wildman–Crippen MR) is 33.1 cm³/mol. The molecule has 0 spiro atoms. The Morgan fingerprint density at radius 3 is 3.30 bits per heavy atom. The zero-order valence-corrected chi connectivity index (χ0v) is 5.01. The highest BCUT2D eigenvalue weighted by Gasteiger charge is 2.28. The summed E-state index contributed by atoms with van der Waals surface area (Å²) in [6.45, 7) is 0. The molecule has 0 fully saturated rings. The number of rotatable bonds is 0. The molecule has 2 aliphatic heterocycles. The van der Waals surface area contributed by atoms with E-state index in [-0.39, 0.29) is 11.9 Å². The maximum atomic E-state index is 10.8. The van der Waals surface area contributed by atoms with Crippen LogP contribution in [0.4, 0.5) is 0 Å². The van der Waals surface area contributed by atoms with E-state index in [1.54, 1.807) is 12.3 Å². The Morgan fingerprint density at radius 2 is 2.50 bits per heavy atom. The van der Waals surface area contributed by atoms with E-state index in [2.05, 4.69) is 15.3 Å². The highest BCUT2D eigenvalue weighted by molar-refractivity contribution is 5.88. The predicted octanol–water partition coefficient (Wildman–Crippen LogP) is 0.120. The van der Waals surface area contributed by atoms with Gasteiger partial charge < -0.3 is 0 Å². The summed E-state index contributed by atoms with van der Waals surface area (Å²) >= 11 is 0. The smallest absolute Gasteiger partial charge is 0.268 e. The van der Waals surface area contributed by atoms with Crippen LogP contribution in [0, 0.1) is 0 Å². The van der Waals surface area contributed by atoms with Crippen molar-refractivity contribution in [3.05, 3.63) is 12.3 Å². The quantitative estimate of drug-likeness (QED) is 0.475. The number of fused-ring (bicyclic) bond motifs is 1.